The van der Waals surface area contributed by atoms with Crippen molar-refractivity contribution in [1.82, 2.24) is 20.1 Å². The van der Waals surface area contributed by atoms with Gasteiger partial charge in [0.15, 0.2) is 0 Å². The topological polar surface area (TPSA) is 168 Å². The number of ether oxygens (including phenoxy) is 2. The van der Waals surface area contributed by atoms with E-state index >= 15 is 0 Å². The van der Waals surface area contributed by atoms with E-state index in [0.29, 0.717) is 17.7 Å². The first-order valence-electron chi connectivity index (χ1n) is 15.3. The Kier molecular flexibility index (Phi) is 11.5. The number of esters is 1. The number of amides is 3. The lowest BCUT2D eigenvalue weighted by Crippen LogP contribution is -2.57. The van der Waals surface area contributed by atoms with Gasteiger partial charge in [-0.25, -0.2) is 4.79 Å². The molecule has 1 aliphatic carbocycles. The average Bonchev–Trinajstić information content (AvgIpc) is 3.42. The highest BCUT2D eigenvalue weighted by atomic mass is 16.6. The lowest BCUT2D eigenvalue weighted by atomic mass is 9.84. The van der Waals surface area contributed by atoms with E-state index in [4.69, 9.17) is 20.6 Å². The fourth-order valence-electron chi connectivity index (χ4n) is 5.39. The smallest absolute Gasteiger partial charge is 0.411 e. The van der Waals surface area contributed by atoms with E-state index in [2.05, 4.69) is 10.3 Å². The average molecular weight is 613 g/mol. The normalized spacial score (nSPS) is 18.0. The van der Waals surface area contributed by atoms with Crippen molar-refractivity contribution in [2.75, 3.05) is 13.1 Å². The molecule has 1 aromatic rings. The van der Waals surface area contributed by atoms with Crippen molar-refractivity contribution in [3.63, 3.8) is 0 Å². The quantitative estimate of drug-likeness (QED) is 0.156. The number of rotatable bonds is 10. The van der Waals surface area contributed by atoms with Crippen LogP contribution in [0.2, 0.25) is 0 Å². The zero-order valence-corrected chi connectivity index (χ0v) is 26.9. The third-order valence-electron chi connectivity index (χ3n) is 7.37. The van der Waals surface area contributed by atoms with Gasteiger partial charge in [-0.2, -0.15) is 0 Å². The number of nitrogens with two attached hydrogens (primary N) is 1. The van der Waals surface area contributed by atoms with Gasteiger partial charge in [0.05, 0.1) is 0 Å². The van der Waals surface area contributed by atoms with Crippen LogP contribution in [0.1, 0.15) is 91.3 Å². The third-order valence-corrected chi connectivity index (χ3v) is 7.37. The van der Waals surface area contributed by atoms with Crippen molar-refractivity contribution in [3.8, 4) is 0 Å². The van der Waals surface area contributed by atoms with Crippen LogP contribution in [0.4, 0.5) is 4.79 Å². The fraction of sp³-hybridized carbons (Fsp3) is 0.625. The van der Waals surface area contributed by atoms with E-state index < -0.39 is 53.7 Å². The standard InChI is InChI=1S/C32H48N6O6/c1-31(2,3)43-26(39)20-38(30(42)44-32(4,5)6)25(17-21-11-8-7-9-12-21)29(41)37-16-10-13-24(37)28(40)36-19-22-14-15-23(27(33)34)35-18-22/h10,13-15,18,21,24-25H,7-9,11-12,16-17,19-20H2,1-6H3,(H3,33,34)(H,36,40)/t24-,25+/m0/s1. The summed E-state index contributed by atoms with van der Waals surface area (Å²) >= 11 is 0. The van der Waals surface area contributed by atoms with Gasteiger partial charge in [0.2, 0.25) is 11.8 Å². The second-order valence-corrected chi connectivity index (χ2v) is 13.5. The molecule has 2 aliphatic rings. The lowest BCUT2D eigenvalue weighted by molar-refractivity contribution is -0.158. The van der Waals surface area contributed by atoms with Crippen LogP contribution >= 0.6 is 0 Å². The highest BCUT2D eigenvalue weighted by Gasteiger charge is 2.42. The molecule has 1 fully saturated rings. The van der Waals surface area contributed by atoms with Gasteiger partial charge in [0, 0.05) is 19.3 Å². The van der Waals surface area contributed by atoms with Crippen LogP contribution in [0.5, 0.6) is 0 Å². The van der Waals surface area contributed by atoms with Crippen LogP contribution in [0.15, 0.2) is 30.5 Å². The molecule has 12 heteroatoms. The Morgan fingerprint density at radius 1 is 1.07 bits per heavy atom. The van der Waals surface area contributed by atoms with Gasteiger partial charge in [0.1, 0.15) is 41.4 Å². The molecular formula is C32H48N6O6. The van der Waals surface area contributed by atoms with Crippen molar-refractivity contribution in [2.45, 2.75) is 110 Å². The molecule has 2 heterocycles. The molecule has 0 radical (unpaired) electrons. The number of hydrogen-bond acceptors (Lipinski definition) is 8. The fourth-order valence-corrected chi connectivity index (χ4v) is 5.39. The summed E-state index contributed by atoms with van der Waals surface area (Å²) in [4.78, 5) is 61.1. The molecule has 0 aromatic carbocycles. The molecule has 1 aliphatic heterocycles. The van der Waals surface area contributed by atoms with Gasteiger partial charge in [-0.3, -0.25) is 29.7 Å². The van der Waals surface area contributed by atoms with E-state index in [0.717, 1.165) is 32.1 Å². The maximum absolute atomic E-state index is 14.4. The summed E-state index contributed by atoms with van der Waals surface area (Å²) in [5.74, 6) is -1.45. The minimum Gasteiger partial charge on any atom is -0.459 e. The molecule has 3 rings (SSSR count). The maximum atomic E-state index is 14.4. The Morgan fingerprint density at radius 3 is 2.30 bits per heavy atom. The summed E-state index contributed by atoms with van der Waals surface area (Å²) in [6.07, 6.45) is 9.50. The van der Waals surface area contributed by atoms with Gasteiger partial charge in [-0.1, -0.05) is 50.3 Å². The molecule has 12 nitrogen and oxygen atoms in total. The highest BCUT2D eigenvalue weighted by molar-refractivity contribution is 5.94. The predicted molar refractivity (Wildman–Crippen MR) is 166 cm³/mol. The first kappa shape index (κ1) is 34.5. The minimum absolute atomic E-state index is 0.152. The van der Waals surface area contributed by atoms with Crippen molar-refractivity contribution < 1.29 is 28.7 Å². The van der Waals surface area contributed by atoms with Crippen LogP contribution in [0.25, 0.3) is 0 Å². The van der Waals surface area contributed by atoms with E-state index in [-0.39, 0.29) is 24.8 Å². The summed E-state index contributed by atoms with van der Waals surface area (Å²) in [6.45, 7) is 10.3. The zero-order valence-electron chi connectivity index (χ0n) is 26.9. The number of carbonyl (C=O) groups excluding carboxylic acids is 4. The van der Waals surface area contributed by atoms with Crippen molar-refractivity contribution >= 4 is 29.7 Å². The molecule has 2 atom stereocenters. The van der Waals surface area contributed by atoms with E-state index in [1.165, 1.54) is 16.0 Å². The molecule has 0 saturated heterocycles. The van der Waals surface area contributed by atoms with Crippen LogP contribution in [-0.4, -0.2) is 80.9 Å². The van der Waals surface area contributed by atoms with E-state index in [9.17, 15) is 19.2 Å². The summed E-state index contributed by atoms with van der Waals surface area (Å²) in [5.41, 5.74) is 4.85. The van der Waals surface area contributed by atoms with Crippen molar-refractivity contribution in [1.29, 1.82) is 5.41 Å². The van der Waals surface area contributed by atoms with Crippen LogP contribution in [0.3, 0.4) is 0 Å². The summed E-state index contributed by atoms with van der Waals surface area (Å²) in [7, 11) is 0. The molecule has 0 unspecified atom stereocenters. The van der Waals surface area contributed by atoms with Gasteiger partial charge in [-0.05, 0) is 65.5 Å². The number of nitrogen functional groups attached to an aromatic ring is 1. The number of nitrogens with zero attached hydrogens (tertiary/aromatic N) is 3. The number of amidine groups is 1. The third kappa shape index (κ3) is 10.3. The first-order chi connectivity index (χ1) is 20.5. The Bertz CT molecular complexity index is 1230. The number of hydrogen-bond donors (Lipinski definition) is 3. The van der Waals surface area contributed by atoms with Crippen molar-refractivity contribution in [3.05, 3.63) is 41.7 Å². The molecule has 44 heavy (non-hydrogen) atoms. The SMILES string of the molecule is CC(C)(C)OC(=O)CN(C(=O)OC(C)(C)C)[C@H](CC1CCCCC1)C(=O)N1CC=C[C@H]1C(=O)NCc1ccc(C(=N)N)nc1. The monoisotopic (exact) mass is 612 g/mol. The molecule has 4 N–H and O–H groups in total. The largest absolute Gasteiger partial charge is 0.459 e. The number of pyridine rings is 1. The minimum atomic E-state index is -1.03. The second kappa shape index (κ2) is 14.7. The van der Waals surface area contributed by atoms with Crippen LogP contribution in [0, 0.1) is 11.3 Å². The number of carbonyl (C=O) groups is 4. The first-order valence-corrected chi connectivity index (χ1v) is 15.3. The summed E-state index contributed by atoms with van der Waals surface area (Å²) in [5, 5.41) is 10.3. The zero-order chi connectivity index (χ0) is 32.7. The van der Waals surface area contributed by atoms with Crippen LogP contribution < -0.4 is 11.1 Å². The Hall–Kier alpha value is -3.96. The Labute approximate surface area is 260 Å². The lowest BCUT2D eigenvalue weighted by Gasteiger charge is -2.38. The molecule has 0 spiro atoms. The van der Waals surface area contributed by atoms with Crippen LogP contribution in [-0.2, 0) is 30.4 Å². The number of aromatic nitrogens is 1. The highest BCUT2D eigenvalue weighted by Crippen LogP contribution is 2.31. The molecule has 3 amide bonds. The van der Waals surface area contributed by atoms with Gasteiger partial charge in [0.25, 0.3) is 0 Å². The Balaban J connectivity index is 1.86. The van der Waals surface area contributed by atoms with Gasteiger partial charge >= 0.3 is 12.1 Å². The maximum Gasteiger partial charge on any atom is 0.411 e. The molecule has 242 valence electrons. The second-order valence-electron chi connectivity index (χ2n) is 13.5. The Morgan fingerprint density at radius 2 is 1.73 bits per heavy atom. The van der Waals surface area contributed by atoms with Crippen molar-refractivity contribution in [2.24, 2.45) is 11.7 Å². The van der Waals surface area contributed by atoms with E-state index in [1.54, 1.807) is 65.8 Å². The van der Waals surface area contributed by atoms with Gasteiger partial charge < -0.3 is 25.4 Å². The van der Waals surface area contributed by atoms with E-state index in [1.807, 2.05) is 0 Å². The summed E-state index contributed by atoms with van der Waals surface area (Å²) < 4.78 is 11.2. The number of nitrogens with one attached hydrogen (secondary N) is 2. The molecule has 0 bridgehead atoms. The predicted octanol–water partition coefficient (Wildman–Crippen LogP) is 3.67. The molecule has 1 aromatic heterocycles. The summed E-state index contributed by atoms with van der Waals surface area (Å²) in [6, 6.07) is 1.38. The molecule has 1 saturated carbocycles. The molecular weight excluding hydrogens is 564 g/mol. The van der Waals surface area contributed by atoms with Gasteiger partial charge in [-0.15, -0.1) is 0 Å².